The predicted octanol–water partition coefficient (Wildman–Crippen LogP) is 3.68. The highest BCUT2D eigenvalue weighted by molar-refractivity contribution is 9.11. The fourth-order valence-electron chi connectivity index (χ4n) is 2.34. The lowest BCUT2D eigenvalue weighted by atomic mass is 10.1. The van der Waals surface area contributed by atoms with Crippen molar-refractivity contribution >= 4 is 55.8 Å². The van der Waals surface area contributed by atoms with E-state index >= 15 is 0 Å². The Kier molecular flexibility index (Phi) is 5.71. The van der Waals surface area contributed by atoms with Gasteiger partial charge in [-0.1, -0.05) is 28.1 Å². The van der Waals surface area contributed by atoms with Crippen LogP contribution in [0.25, 0.3) is 6.08 Å². The van der Waals surface area contributed by atoms with Crippen molar-refractivity contribution in [1.82, 2.24) is 10.6 Å². The number of benzene rings is 2. The molecule has 6 nitrogen and oxygen atoms in total. The molecule has 1 aliphatic heterocycles. The normalized spacial score (nSPS) is 13.9. The van der Waals surface area contributed by atoms with Crippen molar-refractivity contribution in [3.05, 3.63) is 67.9 Å². The van der Waals surface area contributed by atoms with Gasteiger partial charge in [-0.3, -0.25) is 20.2 Å². The smallest absolute Gasteiger partial charge is 0.328 e. The zero-order valence-electron chi connectivity index (χ0n) is 13.5. The van der Waals surface area contributed by atoms with Gasteiger partial charge >= 0.3 is 6.03 Å². The summed E-state index contributed by atoms with van der Waals surface area (Å²) >= 11 is 6.73. The molecule has 0 aromatic heterocycles. The van der Waals surface area contributed by atoms with Crippen LogP contribution >= 0.6 is 31.9 Å². The van der Waals surface area contributed by atoms with Crippen molar-refractivity contribution in [2.45, 2.75) is 6.61 Å². The Morgan fingerprint density at radius 2 is 1.63 bits per heavy atom. The summed E-state index contributed by atoms with van der Waals surface area (Å²) in [5.74, 6) is -1.57. The Morgan fingerprint density at radius 1 is 1.00 bits per heavy atom. The van der Waals surface area contributed by atoms with Gasteiger partial charge in [-0.05, 0) is 51.8 Å². The molecule has 2 aromatic carbocycles. The lowest BCUT2D eigenvalue weighted by Crippen LogP contribution is -2.51. The first kappa shape index (κ1) is 19.2. The number of nitrogens with one attached hydrogen (secondary N) is 2. The quantitative estimate of drug-likeness (QED) is 0.498. The van der Waals surface area contributed by atoms with E-state index in [1.807, 2.05) is 10.6 Å². The third-order valence-corrected chi connectivity index (χ3v) is 4.62. The molecule has 4 amide bonds. The van der Waals surface area contributed by atoms with Crippen LogP contribution in [0.15, 0.2) is 50.9 Å². The minimum atomic E-state index is -0.870. The molecule has 0 spiro atoms. The Hall–Kier alpha value is -2.52. The highest BCUT2D eigenvalue weighted by Crippen LogP contribution is 2.35. The average molecular weight is 498 g/mol. The molecule has 0 atom stereocenters. The van der Waals surface area contributed by atoms with Gasteiger partial charge in [-0.2, -0.15) is 0 Å². The van der Waals surface area contributed by atoms with E-state index in [0.717, 1.165) is 5.56 Å². The lowest BCUT2D eigenvalue weighted by molar-refractivity contribution is -0.123. The number of amides is 4. The fourth-order valence-corrected chi connectivity index (χ4v) is 3.71. The van der Waals surface area contributed by atoms with Crippen molar-refractivity contribution in [3.8, 4) is 5.75 Å². The van der Waals surface area contributed by atoms with E-state index in [1.54, 1.807) is 24.3 Å². The van der Waals surface area contributed by atoms with Crippen molar-refractivity contribution in [2.75, 3.05) is 0 Å². The molecular formula is C18H11Br2FN2O4. The van der Waals surface area contributed by atoms with Gasteiger partial charge in [-0.15, -0.1) is 0 Å². The monoisotopic (exact) mass is 496 g/mol. The Labute approximate surface area is 170 Å². The molecular weight excluding hydrogens is 487 g/mol. The van der Waals surface area contributed by atoms with Crippen molar-refractivity contribution in [2.24, 2.45) is 0 Å². The molecule has 0 radical (unpaired) electrons. The van der Waals surface area contributed by atoms with Crippen molar-refractivity contribution in [1.29, 1.82) is 0 Å². The van der Waals surface area contributed by atoms with Gasteiger partial charge in [0.2, 0.25) is 0 Å². The molecule has 2 N–H and O–H groups in total. The molecule has 138 valence electrons. The van der Waals surface area contributed by atoms with Gasteiger partial charge < -0.3 is 4.74 Å². The summed E-state index contributed by atoms with van der Waals surface area (Å²) in [6.45, 7) is 0.146. The van der Waals surface area contributed by atoms with E-state index < -0.39 is 17.8 Å². The number of halogens is 3. The van der Waals surface area contributed by atoms with Crippen LogP contribution in [0.4, 0.5) is 9.18 Å². The largest absolute Gasteiger partial charge is 0.487 e. The number of ether oxygens (including phenoxy) is 1. The molecule has 0 unspecified atom stereocenters. The van der Waals surface area contributed by atoms with Crippen molar-refractivity contribution in [3.63, 3.8) is 0 Å². The maximum atomic E-state index is 13.0. The molecule has 0 saturated carbocycles. The molecule has 1 heterocycles. The standard InChI is InChI=1S/C18H11Br2FN2O4/c19-11-5-10(6-13-16(24)22-18(26)23-17(13)25)15(14(20)7-11)27-8-9-1-3-12(21)4-2-9/h1-7H,8H2,(H2,22,23,24,25,26). The minimum Gasteiger partial charge on any atom is -0.487 e. The number of imide groups is 2. The zero-order chi connectivity index (χ0) is 19.6. The third-order valence-electron chi connectivity index (χ3n) is 3.58. The van der Waals surface area contributed by atoms with Crippen LogP contribution < -0.4 is 15.4 Å². The van der Waals surface area contributed by atoms with Gasteiger partial charge in [0.25, 0.3) is 11.8 Å². The molecule has 9 heteroatoms. The lowest BCUT2D eigenvalue weighted by Gasteiger charge is -2.16. The maximum Gasteiger partial charge on any atom is 0.328 e. The fraction of sp³-hybridized carbons (Fsp3) is 0.0556. The van der Waals surface area contributed by atoms with Gasteiger partial charge in [0.1, 0.15) is 23.7 Å². The molecule has 1 aliphatic rings. The van der Waals surface area contributed by atoms with Gasteiger partial charge in [0.05, 0.1) is 4.47 Å². The van der Waals surface area contributed by atoms with Crippen LogP contribution in [0.2, 0.25) is 0 Å². The van der Waals surface area contributed by atoms with E-state index in [1.165, 1.54) is 18.2 Å². The highest BCUT2D eigenvalue weighted by atomic mass is 79.9. The summed E-state index contributed by atoms with van der Waals surface area (Å²) in [4.78, 5) is 35.1. The second-order valence-corrected chi connectivity index (χ2v) is 7.29. The Balaban J connectivity index is 1.94. The first-order chi connectivity index (χ1) is 12.8. The van der Waals surface area contributed by atoms with Crippen LogP contribution in [0.5, 0.6) is 5.75 Å². The van der Waals surface area contributed by atoms with E-state index in [0.29, 0.717) is 20.3 Å². The number of rotatable bonds is 4. The summed E-state index contributed by atoms with van der Waals surface area (Å²) in [6, 6.07) is 8.37. The van der Waals surface area contributed by atoms with Crippen LogP contribution in [0.3, 0.4) is 0 Å². The summed E-state index contributed by atoms with van der Waals surface area (Å²) in [5, 5.41) is 4.03. The topological polar surface area (TPSA) is 84.5 Å². The highest BCUT2D eigenvalue weighted by Gasteiger charge is 2.28. The molecule has 3 rings (SSSR count). The number of barbiturate groups is 1. The van der Waals surface area contributed by atoms with Gasteiger partial charge in [-0.25, -0.2) is 9.18 Å². The van der Waals surface area contributed by atoms with Gasteiger partial charge in [0, 0.05) is 10.0 Å². The summed E-state index contributed by atoms with van der Waals surface area (Å²) in [7, 11) is 0. The van der Waals surface area contributed by atoms with E-state index in [4.69, 9.17) is 4.74 Å². The average Bonchev–Trinajstić information content (AvgIpc) is 2.58. The molecule has 1 fully saturated rings. The number of urea groups is 1. The van der Waals surface area contributed by atoms with E-state index in [-0.39, 0.29) is 18.0 Å². The summed E-state index contributed by atoms with van der Waals surface area (Å²) < 4.78 is 20.1. The third kappa shape index (κ3) is 4.61. The first-order valence-electron chi connectivity index (χ1n) is 7.58. The number of carbonyl (C=O) groups excluding carboxylic acids is 3. The SMILES string of the molecule is O=C1NC(=O)C(=Cc2cc(Br)cc(Br)c2OCc2ccc(F)cc2)C(=O)N1. The number of carbonyl (C=O) groups is 3. The maximum absolute atomic E-state index is 13.0. The van der Waals surface area contributed by atoms with Crippen LogP contribution in [0.1, 0.15) is 11.1 Å². The number of hydrogen-bond acceptors (Lipinski definition) is 4. The molecule has 2 aromatic rings. The van der Waals surface area contributed by atoms with Crippen LogP contribution in [-0.2, 0) is 16.2 Å². The Bertz CT molecular complexity index is 952. The zero-order valence-corrected chi connectivity index (χ0v) is 16.7. The first-order valence-corrected chi connectivity index (χ1v) is 9.17. The molecule has 27 heavy (non-hydrogen) atoms. The van der Waals surface area contributed by atoms with Crippen LogP contribution in [-0.4, -0.2) is 17.8 Å². The summed E-state index contributed by atoms with van der Waals surface area (Å²) in [6.07, 6.45) is 1.33. The second kappa shape index (κ2) is 8.01. The van der Waals surface area contributed by atoms with Gasteiger partial charge in [0.15, 0.2) is 0 Å². The number of hydrogen-bond donors (Lipinski definition) is 2. The molecule has 1 saturated heterocycles. The predicted molar refractivity (Wildman–Crippen MR) is 102 cm³/mol. The summed E-state index contributed by atoms with van der Waals surface area (Å²) in [5.41, 5.74) is 0.947. The Morgan fingerprint density at radius 3 is 2.26 bits per heavy atom. The second-order valence-electron chi connectivity index (χ2n) is 5.52. The van der Waals surface area contributed by atoms with Crippen LogP contribution in [0, 0.1) is 5.82 Å². The molecule has 0 aliphatic carbocycles. The molecule has 0 bridgehead atoms. The van der Waals surface area contributed by atoms with Crippen molar-refractivity contribution < 1.29 is 23.5 Å². The van der Waals surface area contributed by atoms with E-state index in [2.05, 4.69) is 31.9 Å². The minimum absolute atomic E-state index is 0.146. The van der Waals surface area contributed by atoms with E-state index in [9.17, 15) is 18.8 Å².